The highest BCUT2D eigenvalue weighted by molar-refractivity contribution is 5.99. The van der Waals surface area contributed by atoms with E-state index in [9.17, 15) is 9.59 Å². The molecule has 0 saturated heterocycles. The van der Waals surface area contributed by atoms with Crippen LogP contribution in [-0.2, 0) is 9.59 Å². The average molecular weight is 166 g/mol. The summed E-state index contributed by atoms with van der Waals surface area (Å²) in [6.45, 7) is 0. The lowest BCUT2D eigenvalue weighted by Gasteiger charge is -2.31. The second-order valence-corrected chi connectivity index (χ2v) is 2.35. The first-order valence-electron chi connectivity index (χ1n) is 2.58. The molecule has 10 heavy (non-hydrogen) atoms. The zero-order chi connectivity index (χ0) is 7.07. The number of nitrogens with two attached hydrogens (primary N) is 1. The van der Waals surface area contributed by atoms with Gasteiger partial charge in [0, 0.05) is 12.8 Å². The van der Waals surface area contributed by atoms with Crippen molar-refractivity contribution in [1.29, 1.82) is 0 Å². The Labute approximate surface area is 63.8 Å². The Morgan fingerprint density at radius 1 is 1.60 bits per heavy atom. The largest absolute Gasteiger partial charge is 0.480 e. The molecule has 1 aliphatic carbocycles. The number of rotatable bonds is 1. The van der Waals surface area contributed by atoms with E-state index in [1.165, 1.54) is 0 Å². The molecule has 1 saturated carbocycles. The second-order valence-electron chi connectivity index (χ2n) is 2.35. The van der Waals surface area contributed by atoms with E-state index in [1.807, 2.05) is 0 Å². The third-order valence-electron chi connectivity index (χ3n) is 1.45. The van der Waals surface area contributed by atoms with Crippen molar-refractivity contribution < 1.29 is 14.7 Å². The number of carbonyl (C=O) groups is 2. The third kappa shape index (κ3) is 1.27. The molecule has 1 fully saturated rings. The van der Waals surface area contributed by atoms with Gasteiger partial charge in [-0.2, -0.15) is 0 Å². The number of halogens is 1. The average Bonchev–Trinajstić information content (AvgIpc) is 1.62. The van der Waals surface area contributed by atoms with Gasteiger partial charge in [0.05, 0.1) is 0 Å². The van der Waals surface area contributed by atoms with Crippen LogP contribution in [0, 0.1) is 0 Å². The van der Waals surface area contributed by atoms with Crippen molar-refractivity contribution in [2.45, 2.75) is 18.4 Å². The van der Waals surface area contributed by atoms with Gasteiger partial charge in [-0.1, -0.05) is 0 Å². The molecule has 3 N–H and O–H groups in total. The predicted molar refractivity (Wildman–Crippen MR) is 36.0 cm³/mol. The highest BCUT2D eigenvalue weighted by atomic mass is 35.5. The van der Waals surface area contributed by atoms with Crippen LogP contribution in [-0.4, -0.2) is 22.4 Å². The van der Waals surface area contributed by atoms with Gasteiger partial charge in [-0.15, -0.1) is 12.4 Å². The molecule has 0 unspecified atom stereocenters. The van der Waals surface area contributed by atoms with E-state index in [0.717, 1.165) is 0 Å². The zero-order valence-electron chi connectivity index (χ0n) is 5.16. The van der Waals surface area contributed by atoms with E-state index in [0.29, 0.717) is 0 Å². The Bertz CT molecular complexity index is 172. The molecule has 0 aromatic carbocycles. The smallest absolute Gasteiger partial charge is 0.324 e. The summed E-state index contributed by atoms with van der Waals surface area (Å²) < 4.78 is 0. The van der Waals surface area contributed by atoms with Gasteiger partial charge in [0.15, 0.2) is 0 Å². The van der Waals surface area contributed by atoms with Crippen molar-refractivity contribution in [1.82, 2.24) is 0 Å². The molecule has 0 aromatic heterocycles. The first-order chi connectivity index (χ1) is 4.04. The van der Waals surface area contributed by atoms with Gasteiger partial charge in [0.2, 0.25) is 0 Å². The summed E-state index contributed by atoms with van der Waals surface area (Å²) in [4.78, 5) is 20.4. The molecule has 0 spiro atoms. The molecule has 0 amide bonds. The SMILES string of the molecule is Cl.NC1(C(=O)O)CC(=O)C1. The molecule has 0 atom stereocenters. The van der Waals surface area contributed by atoms with Crippen LogP contribution in [0.25, 0.3) is 0 Å². The fourth-order valence-electron chi connectivity index (χ4n) is 0.803. The van der Waals surface area contributed by atoms with Crippen LogP contribution >= 0.6 is 12.4 Å². The van der Waals surface area contributed by atoms with Crippen LogP contribution in [0.1, 0.15) is 12.8 Å². The summed E-state index contributed by atoms with van der Waals surface area (Å²) in [6, 6.07) is 0. The van der Waals surface area contributed by atoms with Gasteiger partial charge >= 0.3 is 5.97 Å². The number of carboxylic acid groups (broad SMARTS) is 1. The van der Waals surface area contributed by atoms with E-state index in [4.69, 9.17) is 10.8 Å². The van der Waals surface area contributed by atoms with E-state index in [-0.39, 0.29) is 31.0 Å². The van der Waals surface area contributed by atoms with Crippen LogP contribution in [0.5, 0.6) is 0 Å². The summed E-state index contributed by atoms with van der Waals surface area (Å²) in [7, 11) is 0. The fraction of sp³-hybridized carbons (Fsp3) is 0.600. The lowest BCUT2D eigenvalue weighted by Crippen LogP contribution is -2.58. The lowest BCUT2D eigenvalue weighted by atomic mass is 9.77. The number of Topliss-reactive ketones (excluding diaryl/α,β-unsaturated/α-hetero) is 1. The minimum Gasteiger partial charge on any atom is -0.480 e. The maximum atomic E-state index is 10.3. The minimum atomic E-state index is -1.24. The molecular weight excluding hydrogens is 158 g/mol. The Morgan fingerprint density at radius 2 is 2.00 bits per heavy atom. The van der Waals surface area contributed by atoms with Crippen molar-refractivity contribution in [3.63, 3.8) is 0 Å². The maximum Gasteiger partial charge on any atom is 0.324 e. The van der Waals surface area contributed by atoms with Crippen LogP contribution in [0.15, 0.2) is 0 Å². The van der Waals surface area contributed by atoms with E-state index >= 15 is 0 Å². The van der Waals surface area contributed by atoms with Gasteiger partial charge in [-0.25, -0.2) is 0 Å². The van der Waals surface area contributed by atoms with Crippen LogP contribution in [0.4, 0.5) is 0 Å². The monoisotopic (exact) mass is 165 g/mol. The summed E-state index contributed by atoms with van der Waals surface area (Å²) >= 11 is 0. The van der Waals surface area contributed by atoms with E-state index in [1.54, 1.807) is 0 Å². The molecule has 0 aliphatic heterocycles. The van der Waals surface area contributed by atoms with Gasteiger partial charge in [-0.3, -0.25) is 9.59 Å². The van der Waals surface area contributed by atoms with Crippen molar-refractivity contribution in [3.8, 4) is 0 Å². The molecule has 4 nitrogen and oxygen atoms in total. The van der Waals surface area contributed by atoms with Gasteiger partial charge < -0.3 is 10.8 Å². The Kier molecular flexibility index (Phi) is 2.40. The molecule has 5 heteroatoms. The van der Waals surface area contributed by atoms with Crippen molar-refractivity contribution in [2.75, 3.05) is 0 Å². The molecule has 0 radical (unpaired) electrons. The first-order valence-corrected chi connectivity index (χ1v) is 2.58. The maximum absolute atomic E-state index is 10.3. The second kappa shape index (κ2) is 2.56. The molecular formula is C5H8ClNO3. The number of hydrogen-bond donors (Lipinski definition) is 2. The zero-order valence-corrected chi connectivity index (χ0v) is 5.98. The number of aliphatic carboxylic acids is 1. The fourth-order valence-corrected chi connectivity index (χ4v) is 0.803. The highest BCUT2D eigenvalue weighted by Crippen LogP contribution is 2.25. The van der Waals surface area contributed by atoms with Gasteiger partial charge in [0.25, 0.3) is 0 Å². The number of ketones is 1. The molecule has 58 valence electrons. The van der Waals surface area contributed by atoms with Gasteiger partial charge in [0.1, 0.15) is 11.3 Å². The van der Waals surface area contributed by atoms with Gasteiger partial charge in [-0.05, 0) is 0 Å². The standard InChI is InChI=1S/C5H7NO3.ClH/c6-5(4(8)9)1-3(7)2-5;/h1-2,6H2,(H,8,9);1H. The number of hydrogen-bond acceptors (Lipinski definition) is 3. The summed E-state index contributed by atoms with van der Waals surface area (Å²) in [6.07, 6.45) is -0.0231. The van der Waals surface area contributed by atoms with Crippen LogP contribution in [0.3, 0.4) is 0 Å². The van der Waals surface area contributed by atoms with Crippen molar-refractivity contribution in [3.05, 3.63) is 0 Å². The number of carboxylic acids is 1. The minimum absolute atomic E-state index is 0. The third-order valence-corrected chi connectivity index (χ3v) is 1.45. The molecule has 1 rings (SSSR count). The highest BCUT2D eigenvalue weighted by Gasteiger charge is 2.46. The van der Waals surface area contributed by atoms with E-state index < -0.39 is 11.5 Å². The topological polar surface area (TPSA) is 80.4 Å². The lowest BCUT2D eigenvalue weighted by molar-refractivity contribution is -0.152. The van der Waals surface area contributed by atoms with E-state index in [2.05, 4.69) is 0 Å². The quantitative estimate of drug-likeness (QED) is 0.552. The molecule has 0 bridgehead atoms. The van der Waals surface area contributed by atoms with Crippen molar-refractivity contribution >= 4 is 24.2 Å². The normalized spacial score (nSPS) is 20.7. The summed E-state index contributed by atoms with van der Waals surface area (Å²) in [5.41, 5.74) is 3.98. The molecule has 1 aliphatic rings. The van der Waals surface area contributed by atoms with Crippen LogP contribution < -0.4 is 5.73 Å². The Morgan fingerprint density at radius 3 is 2.10 bits per heavy atom. The van der Waals surface area contributed by atoms with Crippen molar-refractivity contribution in [2.24, 2.45) is 5.73 Å². The summed E-state index contributed by atoms with van der Waals surface area (Å²) in [5.74, 6) is -1.15. The first kappa shape index (κ1) is 9.39. The summed E-state index contributed by atoms with van der Waals surface area (Å²) in [5, 5.41) is 8.33. The predicted octanol–water partition coefficient (Wildman–Crippen LogP) is -0.447. The molecule has 0 aromatic rings. The molecule has 0 heterocycles. The Hall–Kier alpha value is -0.610. The number of carbonyl (C=O) groups excluding carboxylic acids is 1. The van der Waals surface area contributed by atoms with Crippen LogP contribution in [0.2, 0.25) is 0 Å². The Balaban J connectivity index is 0.000000810.